The average molecular weight is 279 g/mol. The van der Waals surface area contributed by atoms with Gasteiger partial charge in [0.2, 0.25) is 6.33 Å². The van der Waals surface area contributed by atoms with Gasteiger partial charge in [-0.05, 0) is 30.7 Å². The van der Waals surface area contributed by atoms with Crippen LogP contribution in [-0.2, 0) is 7.05 Å². The lowest BCUT2D eigenvalue weighted by molar-refractivity contribution is -0.671. The lowest BCUT2D eigenvalue weighted by atomic mass is 10.2. The van der Waals surface area contributed by atoms with Crippen molar-refractivity contribution in [2.75, 3.05) is 17.2 Å². The number of hydrogen-bond donors (Lipinski definition) is 1. The fourth-order valence-electron chi connectivity index (χ4n) is 2.67. The summed E-state index contributed by atoms with van der Waals surface area (Å²) in [6.07, 6.45) is 9.21. The minimum atomic E-state index is 0. The van der Waals surface area contributed by atoms with E-state index in [1.807, 2.05) is 12.1 Å². The SMILES string of the molecule is C[n+]1ccn(C2CCCN2c2ccc(N)cc2)c1.[Cl-]. The Labute approximate surface area is 119 Å². The first-order valence-corrected chi connectivity index (χ1v) is 6.39. The van der Waals surface area contributed by atoms with Crippen LogP contribution in [-0.4, -0.2) is 11.1 Å². The molecule has 2 heterocycles. The van der Waals surface area contributed by atoms with Crippen molar-refractivity contribution >= 4 is 11.4 Å². The molecule has 1 aromatic heterocycles. The fourth-order valence-corrected chi connectivity index (χ4v) is 2.67. The highest BCUT2D eigenvalue weighted by Crippen LogP contribution is 2.32. The van der Waals surface area contributed by atoms with E-state index >= 15 is 0 Å². The molecule has 1 saturated heterocycles. The van der Waals surface area contributed by atoms with Gasteiger partial charge in [-0.2, -0.15) is 0 Å². The molecule has 0 amide bonds. The minimum absolute atomic E-state index is 0. The molecule has 102 valence electrons. The summed E-state index contributed by atoms with van der Waals surface area (Å²) in [7, 11) is 2.05. The lowest BCUT2D eigenvalue weighted by Crippen LogP contribution is -3.00. The Morgan fingerprint density at radius 2 is 2.00 bits per heavy atom. The van der Waals surface area contributed by atoms with Crippen LogP contribution in [0.5, 0.6) is 0 Å². The second-order valence-corrected chi connectivity index (χ2v) is 4.93. The number of aryl methyl sites for hydroxylation is 1. The van der Waals surface area contributed by atoms with Crippen LogP contribution in [0.4, 0.5) is 11.4 Å². The average Bonchev–Trinajstić information content (AvgIpc) is 2.98. The molecular formula is C14H19ClN4. The Morgan fingerprint density at radius 3 is 2.63 bits per heavy atom. The summed E-state index contributed by atoms with van der Waals surface area (Å²) >= 11 is 0. The summed E-state index contributed by atoms with van der Waals surface area (Å²) in [5, 5.41) is 0. The smallest absolute Gasteiger partial charge is 0.245 e. The molecule has 2 N–H and O–H groups in total. The number of rotatable bonds is 2. The van der Waals surface area contributed by atoms with E-state index in [1.165, 1.54) is 18.5 Å². The third kappa shape index (κ3) is 2.68. The molecule has 0 aliphatic carbocycles. The van der Waals surface area contributed by atoms with E-state index in [-0.39, 0.29) is 12.4 Å². The molecule has 2 aromatic rings. The summed E-state index contributed by atoms with van der Waals surface area (Å²) in [6, 6.07) is 8.16. The molecule has 4 nitrogen and oxygen atoms in total. The van der Waals surface area contributed by atoms with Crippen LogP contribution in [0.1, 0.15) is 19.0 Å². The molecule has 0 radical (unpaired) electrons. The Kier molecular flexibility index (Phi) is 4.00. The zero-order valence-electron chi connectivity index (χ0n) is 11.0. The predicted molar refractivity (Wildman–Crippen MR) is 72.1 cm³/mol. The molecular weight excluding hydrogens is 260 g/mol. The number of anilines is 2. The van der Waals surface area contributed by atoms with Crippen molar-refractivity contribution in [2.45, 2.75) is 19.0 Å². The van der Waals surface area contributed by atoms with Gasteiger partial charge in [0.25, 0.3) is 0 Å². The van der Waals surface area contributed by atoms with Gasteiger partial charge < -0.3 is 23.0 Å². The van der Waals surface area contributed by atoms with Gasteiger partial charge in [-0.25, -0.2) is 9.13 Å². The molecule has 0 saturated carbocycles. The molecule has 0 spiro atoms. The third-order valence-electron chi connectivity index (χ3n) is 3.58. The molecule has 1 fully saturated rings. The van der Waals surface area contributed by atoms with Crippen molar-refractivity contribution in [3.63, 3.8) is 0 Å². The van der Waals surface area contributed by atoms with Crippen molar-refractivity contribution in [1.82, 2.24) is 4.57 Å². The topological polar surface area (TPSA) is 38.1 Å². The van der Waals surface area contributed by atoms with E-state index in [0.29, 0.717) is 6.17 Å². The second kappa shape index (κ2) is 5.53. The number of halogens is 1. The van der Waals surface area contributed by atoms with Gasteiger partial charge in [-0.3, -0.25) is 0 Å². The van der Waals surface area contributed by atoms with Crippen molar-refractivity contribution in [3.8, 4) is 0 Å². The molecule has 0 bridgehead atoms. The van der Waals surface area contributed by atoms with Crippen LogP contribution >= 0.6 is 0 Å². The van der Waals surface area contributed by atoms with E-state index < -0.39 is 0 Å². The predicted octanol–water partition coefficient (Wildman–Crippen LogP) is -1.30. The molecule has 3 rings (SSSR count). The van der Waals surface area contributed by atoms with Crippen molar-refractivity contribution < 1.29 is 17.0 Å². The summed E-state index contributed by atoms with van der Waals surface area (Å²) in [6.45, 7) is 1.11. The van der Waals surface area contributed by atoms with Crippen LogP contribution < -0.4 is 27.6 Å². The summed E-state index contributed by atoms with van der Waals surface area (Å²) in [5.74, 6) is 0. The monoisotopic (exact) mass is 278 g/mol. The van der Waals surface area contributed by atoms with Crippen LogP contribution in [0.25, 0.3) is 0 Å². The van der Waals surface area contributed by atoms with Gasteiger partial charge >= 0.3 is 0 Å². The highest BCUT2D eigenvalue weighted by Gasteiger charge is 2.29. The van der Waals surface area contributed by atoms with Gasteiger partial charge in [0.15, 0.2) is 6.17 Å². The molecule has 5 heteroatoms. The quantitative estimate of drug-likeness (QED) is 0.548. The third-order valence-corrected chi connectivity index (χ3v) is 3.58. The van der Waals surface area contributed by atoms with Gasteiger partial charge in [0.05, 0.1) is 7.05 Å². The van der Waals surface area contributed by atoms with E-state index in [9.17, 15) is 0 Å². The van der Waals surface area contributed by atoms with Gasteiger partial charge in [-0.1, -0.05) is 0 Å². The van der Waals surface area contributed by atoms with Gasteiger partial charge in [-0.15, -0.1) is 0 Å². The zero-order valence-corrected chi connectivity index (χ0v) is 11.8. The number of aromatic nitrogens is 2. The number of benzene rings is 1. The number of imidazole rings is 1. The van der Waals surface area contributed by atoms with E-state index in [2.05, 4.69) is 51.9 Å². The highest BCUT2D eigenvalue weighted by atomic mass is 35.5. The van der Waals surface area contributed by atoms with Crippen molar-refractivity contribution in [2.24, 2.45) is 7.05 Å². The molecule has 1 aromatic carbocycles. The lowest BCUT2D eigenvalue weighted by Gasteiger charge is -2.24. The van der Waals surface area contributed by atoms with E-state index in [0.717, 1.165) is 12.2 Å². The number of nitrogen functional groups attached to an aromatic ring is 1. The zero-order chi connectivity index (χ0) is 12.5. The molecule has 19 heavy (non-hydrogen) atoms. The highest BCUT2D eigenvalue weighted by molar-refractivity contribution is 5.53. The number of hydrogen-bond acceptors (Lipinski definition) is 2. The minimum Gasteiger partial charge on any atom is -1.00 e. The maximum absolute atomic E-state index is 5.75. The Hall–Kier alpha value is -1.68. The second-order valence-electron chi connectivity index (χ2n) is 4.93. The van der Waals surface area contributed by atoms with Gasteiger partial charge in [0, 0.05) is 24.3 Å². The van der Waals surface area contributed by atoms with Crippen LogP contribution in [0.3, 0.4) is 0 Å². The van der Waals surface area contributed by atoms with Gasteiger partial charge in [0.1, 0.15) is 12.4 Å². The summed E-state index contributed by atoms with van der Waals surface area (Å²) in [5.41, 5.74) is 7.82. The molecule has 1 aliphatic rings. The number of nitrogens with zero attached hydrogens (tertiary/aromatic N) is 3. The first-order chi connectivity index (χ1) is 8.74. The Bertz CT molecular complexity index is 535. The normalized spacial score (nSPS) is 18.4. The van der Waals surface area contributed by atoms with Crippen LogP contribution in [0, 0.1) is 0 Å². The standard InChI is InChI=1S/C14H19N4.ClH/c1-16-9-10-17(11-16)14-3-2-8-18(14)13-6-4-12(15)5-7-13;/h4-7,9-11,14H,2-3,8,15H2,1H3;1H/q+1;/p-1. The Morgan fingerprint density at radius 1 is 1.26 bits per heavy atom. The summed E-state index contributed by atoms with van der Waals surface area (Å²) in [4.78, 5) is 2.44. The Balaban J connectivity index is 0.00000133. The molecule has 1 aliphatic heterocycles. The van der Waals surface area contributed by atoms with Crippen molar-refractivity contribution in [1.29, 1.82) is 0 Å². The molecule has 1 unspecified atom stereocenters. The van der Waals surface area contributed by atoms with E-state index in [1.54, 1.807) is 0 Å². The largest absolute Gasteiger partial charge is 1.00 e. The maximum atomic E-state index is 5.75. The first-order valence-electron chi connectivity index (χ1n) is 6.39. The van der Waals surface area contributed by atoms with Crippen LogP contribution in [0.15, 0.2) is 43.0 Å². The number of nitrogens with two attached hydrogens (primary N) is 1. The molecule has 1 atom stereocenters. The maximum Gasteiger partial charge on any atom is 0.245 e. The summed E-state index contributed by atoms with van der Waals surface area (Å²) < 4.78 is 4.36. The van der Waals surface area contributed by atoms with E-state index in [4.69, 9.17) is 5.73 Å². The van der Waals surface area contributed by atoms with Crippen molar-refractivity contribution in [3.05, 3.63) is 43.0 Å². The first kappa shape index (κ1) is 13.7. The fraction of sp³-hybridized carbons (Fsp3) is 0.357. The van der Waals surface area contributed by atoms with Crippen LogP contribution in [0.2, 0.25) is 0 Å².